The predicted molar refractivity (Wildman–Crippen MR) is 52.8 cm³/mol. The number of hydrogen-bond donors (Lipinski definition) is 2. The summed E-state index contributed by atoms with van der Waals surface area (Å²) < 4.78 is 1.60. The van der Waals surface area contributed by atoms with Gasteiger partial charge in [0.2, 0.25) is 0 Å². The van der Waals surface area contributed by atoms with Gasteiger partial charge in [0.1, 0.15) is 10.8 Å². The molecule has 2 aromatic heterocycles. The number of nitrogens with one attached hydrogen (secondary N) is 1. The fraction of sp³-hybridized carbons (Fsp3) is 0.125. The lowest BCUT2D eigenvalue weighted by molar-refractivity contribution is 0.0691. The summed E-state index contributed by atoms with van der Waals surface area (Å²) in [6.07, 6.45) is 2.71. The van der Waals surface area contributed by atoms with E-state index in [1.54, 1.807) is 11.6 Å². The molecule has 7 heteroatoms. The Hall–Kier alpha value is -1.82. The van der Waals surface area contributed by atoms with E-state index >= 15 is 0 Å². The molecular weight excluding hydrogens is 220 g/mol. The summed E-state index contributed by atoms with van der Waals surface area (Å²) >= 11 is 5.79. The molecule has 0 spiro atoms. The Morgan fingerprint density at radius 1 is 1.53 bits per heavy atom. The van der Waals surface area contributed by atoms with Crippen LogP contribution < -0.4 is 0 Å². The monoisotopic (exact) mass is 226 g/mol. The predicted octanol–water partition coefficient (Wildman–Crippen LogP) is 1.16. The zero-order valence-electron chi connectivity index (χ0n) is 7.73. The lowest BCUT2D eigenvalue weighted by Crippen LogP contribution is -1.97. The minimum Gasteiger partial charge on any atom is -0.477 e. The van der Waals surface area contributed by atoms with Crippen LogP contribution in [0.15, 0.2) is 12.4 Å². The Labute approximate surface area is 89.5 Å². The molecule has 2 N–H and O–H groups in total. The summed E-state index contributed by atoms with van der Waals surface area (Å²) in [5, 5.41) is 9.15. The van der Waals surface area contributed by atoms with E-state index < -0.39 is 5.97 Å². The Kier molecular flexibility index (Phi) is 2.20. The molecule has 0 saturated heterocycles. The molecule has 0 unspecified atom stereocenters. The molecule has 2 heterocycles. The number of H-pyrrole nitrogens is 1. The van der Waals surface area contributed by atoms with Gasteiger partial charge in [-0.3, -0.25) is 0 Å². The number of aromatic carboxylic acids is 1. The molecular formula is C8H7ClN4O2. The van der Waals surface area contributed by atoms with Gasteiger partial charge in [0, 0.05) is 7.05 Å². The van der Waals surface area contributed by atoms with Crippen molar-refractivity contribution in [2.24, 2.45) is 7.05 Å². The Morgan fingerprint density at radius 2 is 2.27 bits per heavy atom. The maximum atomic E-state index is 10.6. The SMILES string of the molecule is Cn1c(Cl)cnc1-c1ncc(C(=O)O)[nH]1. The molecule has 0 saturated carbocycles. The van der Waals surface area contributed by atoms with E-state index in [1.807, 2.05) is 0 Å². The van der Waals surface area contributed by atoms with Crippen LogP contribution in [-0.2, 0) is 7.05 Å². The van der Waals surface area contributed by atoms with Crippen LogP contribution in [0.5, 0.6) is 0 Å². The number of halogens is 1. The van der Waals surface area contributed by atoms with Crippen molar-refractivity contribution in [3.63, 3.8) is 0 Å². The number of carbonyl (C=O) groups is 1. The van der Waals surface area contributed by atoms with E-state index in [0.29, 0.717) is 16.8 Å². The summed E-state index contributed by atoms with van der Waals surface area (Å²) in [6, 6.07) is 0. The molecule has 0 fully saturated rings. The smallest absolute Gasteiger partial charge is 0.353 e. The highest BCUT2D eigenvalue weighted by Crippen LogP contribution is 2.17. The van der Waals surface area contributed by atoms with Gasteiger partial charge in [-0.1, -0.05) is 11.6 Å². The minimum absolute atomic E-state index is 0.0177. The summed E-state index contributed by atoms with van der Waals surface area (Å²) in [7, 11) is 1.72. The first-order valence-electron chi connectivity index (χ1n) is 4.05. The van der Waals surface area contributed by atoms with Crippen molar-refractivity contribution < 1.29 is 9.90 Å². The maximum Gasteiger partial charge on any atom is 0.353 e. The van der Waals surface area contributed by atoms with Gasteiger partial charge in [0.25, 0.3) is 0 Å². The molecule has 0 aromatic carbocycles. The molecule has 0 radical (unpaired) electrons. The number of carboxylic acid groups (broad SMARTS) is 1. The number of carboxylic acids is 1. The third kappa shape index (κ3) is 1.59. The second-order valence-electron chi connectivity index (χ2n) is 2.91. The first-order chi connectivity index (χ1) is 7.09. The first-order valence-corrected chi connectivity index (χ1v) is 4.43. The summed E-state index contributed by atoms with van der Waals surface area (Å²) in [5.41, 5.74) is 0.0177. The van der Waals surface area contributed by atoms with Crippen molar-refractivity contribution in [3.8, 4) is 11.6 Å². The van der Waals surface area contributed by atoms with Crippen molar-refractivity contribution in [2.75, 3.05) is 0 Å². The van der Waals surface area contributed by atoms with Crippen LogP contribution in [0.4, 0.5) is 0 Å². The van der Waals surface area contributed by atoms with Crippen LogP contribution in [0.3, 0.4) is 0 Å². The summed E-state index contributed by atoms with van der Waals surface area (Å²) in [4.78, 5) is 21.1. The molecule has 0 atom stereocenters. The van der Waals surface area contributed by atoms with E-state index in [1.165, 1.54) is 12.4 Å². The van der Waals surface area contributed by atoms with Crippen molar-refractivity contribution in [2.45, 2.75) is 0 Å². The number of aromatic amines is 1. The number of imidazole rings is 2. The van der Waals surface area contributed by atoms with Gasteiger partial charge in [-0.05, 0) is 0 Å². The lowest BCUT2D eigenvalue weighted by Gasteiger charge is -1.97. The van der Waals surface area contributed by atoms with Gasteiger partial charge < -0.3 is 14.7 Å². The number of hydrogen-bond acceptors (Lipinski definition) is 3. The van der Waals surface area contributed by atoms with Gasteiger partial charge in [0.05, 0.1) is 12.4 Å². The van der Waals surface area contributed by atoms with E-state index in [-0.39, 0.29) is 5.69 Å². The molecule has 0 bridgehead atoms. The van der Waals surface area contributed by atoms with Gasteiger partial charge in [-0.25, -0.2) is 14.8 Å². The van der Waals surface area contributed by atoms with Crippen LogP contribution in [0.1, 0.15) is 10.5 Å². The van der Waals surface area contributed by atoms with Gasteiger partial charge >= 0.3 is 5.97 Å². The quantitative estimate of drug-likeness (QED) is 0.805. The molecule has 0 aliphatic carbocycles. The molecule has 2 aromatic rings. The Balaban J connectivity index is 2.46. The fourth-order valence-corrected chi connectivity index (χ4v) is 1.28. The van der Waals surface area contributed by atoms with Crippen molar-refractivity contribution >= 4 is 17.6 Å². The van der Waals surface area contributed by atoms with Crippen LogP contribution in [0, 0.1) is 0 Å². The average molecular weight is 227 g/mol. The minimum atomic E-state index is -1.06. The van der Waals surface area contributed by atoms with E-state index in [4.69, 9.17) is 16.7 Å². The molecule has 0 aliphatic rings. The zero-order valence-corrected chi connectivity index (χ0v) is 8.49. The Morgan fingerprint density at radius 3 is 2.73 bits per heavy atom. The number of aromatic nitrogens is 4. The van der Waals surface area contributed by atoms with Gasteiger partial charge in [-0.15, -0.1) is 0 Å². The van der Waals surface area contributed by atoms with Crippen molar-refractivity contribution in [3.05, 3.63) is 23.2 Å². The van der Waals surface area contributed by atoms with Gasteiger partial charge in [-0.2, -0.15) is 0 Å². The van der Waals surface area contributed by atoms with Crippen LogP contribution in [0.25, 0.3) is 11.6 Å². The molecule has 15 heavy (non-hydrogen) atoms. The fourth-order valence-electron chi connectivity index (χ4n) is 1.15. The normalized spacial score (nSPS) is 10.5. The highest BCUT2D eigenvalue weighted by molar-refractivity contribution is 6.29. The van der Waals surface area contributed by atoms with Crippen LogP contribution in [0.2, 0.25) is 5.15 Å². The highest BCUT2D eigenvalue weighted by Gasteiger charge is 2.13. The molecule has 0 aliphatic heterocycles. The summed E-state index contributed by atoms with van der Waals surface area (Å²) in [6.45, 7) is 0. The standard InChI is InChI=1S/C8H7ClN4O2/c1-13-5(9)3-11-7(13)6-10-2-4(12-6)8(14)15/h2-3H,1H3,(H,10,12)(H,14,15). The maximum absolute atomic E-state index is 10.6. The van der Waals surface area contributed by atoms with E-state index in [2.05, 4.69) is 15.0 Å². The second kappa shape index (κ2) is 3.39. The zero-order chi connectivity index (χ0) is 11.0. The molecule has 2 rings (SSSR count). The van der Waals surface area contributed by atoms with Crippen LogP contribution >= 0.6 is 11.6 Å². The largest absolute Gasteiger partial charge is 0.477 e. The topological polar surface area (TPSA) is 83.8 Å². The lowest BCUT2D eigenvalue weighted by atomic mass is 10.5. The number of nitrogens with zero attached hydrogens (tertiary/aromatic N) is 3. The third-order valence-corrected chi connectivity index (χ3v) is 2.30. The summed E-state index contributed by atoms with van der Waals surface area (Å²) in [5.74, 6) is -0.191. The molecule has 0 amide bonds. The third-order valence-electron chi connectivity index (χ3n) is 1.95. The Bertz CT molecular complexity index is 516. The van der Waals surface area contributed by atoms with Gasteiger partial charge in [0.15, 0.2) is 11.6 Å². The van der Waals surface area contributed by atoms with Crippen LogP contribution in [-0.4, -0.2) is 30.6 Å². The second-order valence-corrected chi connectivity index (χ2v) is 3.30. The van der Waals surface area contributed by atoms with E-state index in [9.17, 15) is 4.79 Å². The first kappa shape index (κ1) is 9.72. The highest BCUT2D eigenvalue weighted by atomic mass is 35.5. The molecule has 6 nitrogen and oxygen atoms in total. The molecule has 78 valence electrons. The average Bonchev–Trinajstić information content (AvgIpc) is 2.76. The number of rotatable bonds is 2. The van der Waals surface area contributed by atoms with Crippen molar-refractivity contribution in [1.29, 1.82) is 0 Å². The van der Waals surface area contributed by atoms with E-state index in [0.717, 1.165) is 0 Å². The van der Waals surface area contributed by atoms with Crippen molar-refractivity contribution in [1.82, 2.24) is 19.5 Å².